The number of rotatable bonds is 5. The first-order valence-electron chi connectivity index (χ1n) is 7.15. The van der Waals surface area contributed by atoms with Crippen LogP contribution in [-0.4, -0.2) is 29.1 Å². The number of methoxy groups -OCH3 is 1. The van der Waals surface area contributed by atoms with Crippen molar-refractivity contribution in [2.45, 2.75) is 35.4 Å². The molecule has 1 aromatic heterocycles. The van der Waals surface area contributed by atoms with Gasteiger partial charge >= 0.3 is 0 Å². The first kappa shape index (κ1) is 14.8. The van der Waals surface area contributed by atoms with E-state index in [1.165, 1.54) is 11.1 Å². The Balaban J connectivity index is 1.86. The molecule has 0 spiro atoms. The maximum Gasteiger partial charge on any atom is 0.174 e. The Morgan fingerprint density at radius 3 is 3.10 bits per heavy atom. The van der Waals surface area contributed by atoms with Crippen molar-refractivity contribution in [1.82, 2.24) is 15.5 Å². The van der Waals surface area contributed by atoms with Gasteiger partial charge in [0.2, 0.25) is 0 Å². The van der Waals surface area contributed by atoms with Crippen LogP contribution in [0.15, 0.2) is 28.0 Å². The Hall–Kier alpha value is -1.11. The number of hydrogen-bond donors (Lipinski definition) is 1. The maximum absolute atomic E-state index is 5.35. The average Bonchev–Trinajstić information content (AvgIpc) is 3.02. The zero-order valence-electron chi connectivity index (χ0n) is 12.2. The number of thioether (sulfide) groups is 1. The fourth-order valence-electron chi connectivity index (χ4n) is 2.83. The molecule has 0 saturated heterocycles. The number of aryl methyl sites for hydroxylation is 1. The van der Waals surface area contributed by atoms with Crippen LogP contribution in [0.2, 0.25) is 0 Å². The van der Waals surface area contributed by atoms with E-state index >= 15 is 0 Å². The van der Waals surface area contributed by atoms with Gasteiger partial charge in [0.05, 0.1) is 7.11 Å². The van der Waals surface area contributed by atoms with Crippen molar-refractivity contribution < 1.29 is 4.74 Å². The van der Waals surface area contributed by atoms with Crippen LogP contribution in [0, 0.1) is 0 Å². The van der Waals surface area contributed by atoms with Gasteiger partial charge in [-0.1, -0.05) is 36.1 Å². The van der Waals surface area contributed by atoms with Gasteiger partial charge in [-0.2, -0.15) is 0 Å². The molecular weight excluding hydrogens is 302 g/mol. The van der Waals surface area contributed by atoms with E-state index in [-0.39, 0.29) is 0 Å². The topological polar surface area (TPSA) is 47.0 Å². The molecule has 112 valence electrons. The van der Waals surface area contributed by atoms with E-state index in [4.69, 9.17) is 4.74 Å². The third-order valence-corrected chi connectivity index (χ3v) is 5.93. The number of aromatic nitrogens is 2. The minimum Gasteiger partial charge on any atom is -0.497 e. The highest BCUT2D eigenvalue weighted by Gasteiger charge is 2.30. The molecule has 1 aliphatic carbocycles. The van der Waals surface area contributed by atoms with Crippen LogP contribution >= 0.6 is 23.1 Å². The summed E-state index contributed by atoms with van der Waals surface area (Å²) in [6.07, 6.45) is 2.23. The molecule has 2 atom stereocenters. The molecule has 0 saturated carbocycles. The number of ether oxygens (including phenoxy) is 1. The molecule has 3 rings (SSSR count). The fourth-order valence-corrected chi connectivity index (χ4v) is 4.79. The highest BCUT2D eigenvalue weighted by atomic mass is 32.2. The number of nitrogens with one attached hydrogen (secondary N) is 1. The smallest absolute Gasteiger partial charge is 0.174 e. The first-order valence-corrected chi connectivity index (χ1v) is 8.90. The molecule has 0 amide bonds. The van der Waals surface area contributed by atoms with E-state index in [1.807, 2.05) is 11.8 Å². The Labute approximate surface area is 133 Å². The normalized spacial score (nSPS) is 21.0. The van der Waals surface area contributed by atoms with Crippen molar-refractivity contribution in [3.63, 3.8) is 0 Å². The zero-order valence-corrected chi connectivity index (χ0v) is 13.8. The minimum absolute atomic E-state index is 0.360. The van der Waals surface area contributed by atoms with Gasteiger partial charge in [-0.15, -0.1) is 10.2 Å². The van der Waals surface area contributed by atoms with Crippen molar-refractivity contribution in [2.75, 3.05) is 13.7 Å². The molecule has 0 aliphatic heterocycles. The van der Waals surface area contributed by atoms with Crippen LogP contribution in [0.25, 0.3) is 0 Å². The molecule has 2 unspecified atom stereocenters. The van der Waals surface area contributed by atoms with Crippen LogP contribution < -0.4 is 10.1 Å². The third-order valence-electron chi connectivity index (χ3n) is 3.77. The van der Waals surface area contributed by atoms with Gasteiger partial charge in [0, 0.05) is 11.3 Å². The molecule has 4 nitrogen and oxygen atoms in total. The Kier molecular flexibility index (Phi) is 4.77. The minimum atomic E-state index is 0.360. The van der Waals surface area contributed by atoms with Gasteiger partial charge < -0.3 is 10.1 Å². The summed E-state index contributed by atoms with van der Waals surface area (Å²) in [4.78, 5) is 0. The van der Waals surface area contributed by atoms with E-state index in [9.17, 15) is 0 Å². The molecule has 1 aliphatic rings. The zero-order chi connectivity index (χ0) is 14.7. The lowest BCUT2D eigenvalue weighted by atomic mass is 9.87. The summed E-state index contributed by atoms with van der Waals surface area (Å²) in [5, 5.41) is 12.2. The summed E-state index contributed by atoms with van der Waals surface area (Å²) in [6, 6.07) is 6.79. The van der Waals surface area contributed by atoms with Gasteiger partial charge in [0.15, 0.2) is 4.34 Å². The van der Waals surface area contributed by atoms with Crippen molar-refractivity contribution >= 4 is 23.1 Å². The highest BCUT2D eigenvalue weighted by Crippen LogP contribution is 2.41. The van der Waals surface area contributed by atoms with E-state index in [0.29, 0.717) is 11.3 Å². The van der Waals surface area contributed by atoms with Crippen LogP contribution in [0.1, 0.15) is 30.5 Å². The number of fused-ring (bicyclic) bond motifs is 1. The molecule has 1 heterocycles. The first-order chi connectivity index (χ1) is 10.3. The van der Waals surface area contributed by atoms with Crippen LogP contribution in [0.4, 0.5) is 0 Å². The van der Waals surface area contributed by atoms with Crippen LogP contribution in [-0.2, 0) is 6.42 Å². The highest BCUT2D eigenvalue weighted by molar-refractivity contribution is 8.01. The average molecular weight is 321 g/mol. The summed E-state index contributed by atoms with van der Waals surface area (Å²) in [5.41, 5.74) is 4.59. The number of hydrogen-bond acceptors (Lipinski definition) is 6. The molecule has 21 heavy (non-hydrogen) atoms. The molecular formula is C15H19N3OS2. The van der Waals surface area contributed by atoms with E-state index in [0.717, 1.165) is 29.5 Å². The molecule has 0 bridgehead atoms. The second-order valence-electron chi connectivity index (χ2n) is 5.00. The summed E-state index contributed by atoms with van der Waals surface area (Å²) in [7, 11) is 1.72. The molecule has 2 aromatic rings. The van der Waals surface area contributed by atoms with Crippen molar-refractivity contribution in [3.05, 3.63) is 34.8 Å². The predicted octanol–water partition coefficient (Wildman–Crippen LogP) is 3.30. The van der Waals surface area contributed by atoms with Crippen molar-refractivity contribution in [3.8, 4) is 5.75 Å². The fraction of sp³-hybridized carbons (Fsp3) is 0.467. The SMILES string of the molecule is CCNC1c2ccc(OC)cc2CCC1Sc1nncs1. The van der Waals surface area contributed by atoms with Crippen LogP contribution in [0.5, 0.6) is 5.75 Å². The van der Waals surface area contributed by atoms with Gasteiger partial charge in [-0.25, -0.2) is 0 Å². The van der Waals surface area contributed by atoms with Gasteiger partial charge in [0.25, 0.3) is 0 Å². The third kappa shape index (κ3) is 3.22. The monoisotopic (exact) mass is 321 g/mol. The summed E-state index contributed by atoms with van der Waals surface area (Å²) < 4.78 is 6.40. The van der Waals surface area contributed by atoms with Crippen molar-refractivity contribution in [1.29, 1.82) is 0 Å². The molecule has 1 N–H and O–H groups in total. The summed E-state index contributed by atoms with van der Waals surface area (Å²) >= 11 is 3.46. The largest absolute Gasteiger partial charge is 0.497 e. The molecule has 6 heteroatoms. The lowest BCUT2D eigenvalue weighted by molar-refractivity contribution is 0.411. The summed E-state index contributed by atoms with van der Waals surface area (Å²) in [6.45, 7) is 3.12. The lowest BCUT2D eigenvalue weighted by Gasteiger charge is -2.33. The molecule has 0 fully saturated rings. The van der Waals surface area contributed by atoms with Gasteiger partial charge in [-0.05, 0) is 42.6 Å². The van der Waals surface area contributed by atoms with E-state index in [2.05, 4.69) is 40.6 Å². The molecule has 0 radical (unpaired) electrons. The standard InChI is InChI=1S/C15H19N3OS2/c1-3-16-14-12-6-5-11(19-2)8-10(12)4-7-13(14)21-15-18-17-9-20-15/h5-6,8-9,13-14,16H,3-4,7H2,1-2H3. The Bertz CT molecular complexity index is 589. The quantitative estimate of drug-likeness (QED) is 0.915. The van der Waals surface area contributed by atoms with E-state index in [1.54, 1.807) is 24.0 Å². The van der Waals surface area contributed by atoms with E-state index < -0.39 is 0 Å². The Morgan fingerprint density at radius 2 is 2.38 bits per heavy atom. The van der Waals surface area contributed by atoms with Gasteiger partial charge in [-0.3, -0.25) is 0 Å². The number of nitrogens with zero attached hydrogens (tertiary/aromatic N) is 2. The van der Waals surface area contributed by atoms with Crippen molar-refractivity contribution in [2.24, 2.45) is 0 Å². The van der Waals surface area contributed by atoms with Gasteiger partial charge in [0.1, 0.15) is 11.3 Å². The molecule has 1 aromatic carbocycles. The Morgan fingerprint density at radius 1 is 1.48 bits per heavy atom. The van der Waals surface area contributed by atoms with Crippen LogP contribution in [0.3, 0.4) is 0 Å². The lowest BCUT2D eigenvalue weighted by Crippen LogP contribution is -2.34. The predicted molar refractivity (Wildman–Crippen MR) is 87.3 cm³/mol. The number of benzene rings is 1. The summed E-state index contributed by atoms with van der Waals surface area (Å²) in [5.74, 6) is 0.944. The maximum atomic E-state index is 5.35. The second kappa shape index (κ2) is 6.77. The second-order valence-corrected chi connectivity index (χ2v) is 7.32.